The van der Waals surface area contributed by atoms with Crippen molar-refractivity contribution < 1.29 is 9.59 Å². The van der Waals surface area contributed by atoms with Crippen molar-refractivity contribution in [2.75, 3.05) is 20.1 Å². The molecule has 25 heavy (non-hydrogen) atoms. The molecule has 1 aliphatic heterocycles. The number of aryl methyl sites for hydroxylation is 1. The number of piperidine rings is 1. The Morgan fingerprint density at radius 3 is 2.60 bits per heavy atom. The van der Waals surface area contributed by atoms with Crippen molar-refractivity contribution in [3.05, 3.63) is 35.7 Å². The molecule has 7 heteroatoms. The molecule has 0 atom stereocenters. The minimum absolute atomic E-state index is 0.0121. The SMILES string of the molecule is CC(=O)N(C)C1CCN(C(=O)c2cccc(-c3n[nH]c(C)n3)c2)CC1. The van der Waals surface area contributed by atoms with Crippen molar-refractivity contribution in [3.63, 3.8) is 0 Å². The number of likely N-dealkylation sites (tertiary alicyclic amines) is 1. The van der Waals surface area contributed by atoms with Gasteiger partial charge >= 0.3 is 0 Å². The summed E-state index contributed by atoms with van der Waals surface area (Å²) in [5.41, 5.74) is 1.46. The van der Waals surface area contributed by atoms with Gasteiger partial charge in [0.25, 0.3) is 5.91 Å². The molecule has 2 heterocycles. The number of H-pyrrole nitrogens is 1. The highest BCUT2D eigenvalue weighted by atomic mass is 16.2. The van der Waals surface area contributed by atoms with Crippen LogP contribution >= 0.6 is 0 Å². The molecule has 1 aromatic carbocycles. The van der Waals surface area contributed by atoms with Crippen LogP contribution in [0.25, 0.3) is 11.4 Å². The molecule has 132 valence electrons. The van der Waals surface area contributed by atoms with E-state index in [1.54, 1.807) is 11.8 Å². The summed E-state index contributed by atoms with van der Waals surface area (Å²) < 4.78 is 0. The fourth-order valence-corrected chi connectivity index (χ4v) is 3.16. The quantitative estimate of drug-likeness (QED) is 0.924. The van der Waals surface area contributed by atoms with Gasteiger partial charge in [-0.2, -0.15) is 5.10 Å². The van der Waals surface area contributed by atoms with Crippen LogP contribution in [0, 0.1) is 6.92 Å². The van der Waals surface area contributed by atoms with E-state index < -0.39 is 0 Å². The molecular formula is C18H23N5O2. The van der Waals surface area contributed by atoms with Crippen LogP contribution in [0.3, 0.4) is 0 Å². The maximum Gasteiger partial charge on any atom is 0.253 e. The highest BCUT2D eigenvalue weighted by molar-refractivity contribution is 5.95. The predicted molar refractivity (Wildman–Crippen MR) is 93.9 cm³/mol. The van der Waals surface area contributed by atoms with Gasteiger partial charge in [-0.1, -0.05) is 12.1 Å². The van der Waals surface area contributed by atoms with E-state index in [2.05, 4.69) is 15.2 Å². The summed E-state index contributed by atoms with van der Waals surface area (Å²) >= 11 is 0. The van der Waals surface area contributed by atoms with Crippen molar-refractivity contribution in [3.8, 4) is 11.4 Å². The average molecular weight is 341 g/mol. The summed E-state index contributed by atoms with van der Waals surface area (Å²) in [4.78, 5) is 32.2. The standard InChI is InChI=1S/C18H23N5O2/c1-12-19-17(21-20-12)14-5-4-6-15(11-14)18(25)23-9-7-16(8-10-23)22(3)13(2)24/h4-6,11,16H,7-10H2,1-3H3,(H,19,20,21). The lowest BCUT2D eigenvalue weighted by Gasteiger charge is -2.36. The summed E-state index contributed by atoms with van der Waals surface area (Å²) in [6.45, 7) is 4.73. The zero-order valence-electron chi connectivity index (χ0n) is 14.8. The van der Waals surface area contributed by atoms with Crippen LogP contribution in [0.4, 0.5) is 0 Å². The van der Waals surface area contributed by atoms with Gasteiger partial charge in [0.2, 0.25) is 5.91 Å². The maximum atomic E-state index is 12.8. The van der Waals surface area contributed by atoms with Crippen LogP contribution in [0.2, 0.25) is 0 Å². The number of carbonyl (C=O) groups excluding carboxylic acids is 2. The van der Waals surface area contributed by atoms with Crippen molar-refractivity contribution in [2.24, 2.45) is 0 Å². The van der Waals surface area contributed by atoms with Crippen LogP contribution < -0.4 is 0 Å². The molecule has 0 saturated carbocycles. The number of rotatable bonds is 3. The third kappa shape index (κ3) is 3.70. The van der Waals surface area contributed by atoms with Crippen LogP contribution in [0.1, 0.15) is 35.9 Å². The van der Waals surface area contributed by atoms with Crippen molar-refractivity contribution in [1.29, 1.82) is 0 Å². The van der Waals surface area contributed by atoms with E-state index in [9.17, 15) is 9.59 Å². The first kappa shape index (κ1) is 17.1. The lowest BCUT2D eigenvalue weighted by atomic mass is 10.0. The molecule has 2 amide bonds. The highest BCUT2D eigenvalue weighted by Gasteiger charge is 2.27. The Kier molecular flexibility index (Phi) is 4.83. The number of amides is 2. The van der Waals surface area contributed by atoms with Crippen molar-refractivity contribution in [1.82, 2.24) is 25.0 Å². The second kappa shape index (κ2) is 7.04. The summed E-state index contributed by atoms with van der Waals surface area (Å²) in [5, 5.41) is 6.96. The molecule has 0 unspecified atom stereocenters. The van der Waals surface area contributed by atoms with E-state index in [-0.39, 0.29) is 17.9 Å². The van der Waals surface area contributed by atoms with E-state index in [1.165, 1.54) is 0 Å². The monoisotopic (exact) mass is 341 g/mol. The molecule has 1 saturated heterocycles. The van der Waals surface area contributed by atoms with Gasteiger partial charge in [-0.3, -0.25) is 14.7 Å². The van der Waals surface area contributed by atoms with E-state index in [0.29, 0.717) is 24.5 Å². The normalized spacial score (nSPS) is 15.2. The van der Waals surface area contributed by atoms with Gasteiger partial charge in [0.15, 0.2) is 5.82 Å². The summed E-state index contributed by atoms with van der Waals surface area (Å²) in [7, 11) is 1.83. The number of aromatic amines is 1. The largest absolute Gasteiger partial charge is 0.343 e. The van der Waals surface area contributed by atoms with Crippen LogP contribution in [-0.2, 0) is 4.79 Å². The summed E-state index contributed by atoms with van der Waals surface area (Å²) in [5.74, 6) is 1.41. The molecule has 1 aliphatic rings. The van der Waals surface area contributed by atoms with E-state index in [0.717, 1.165) is 24.2 Å². The number of benzene rings is 1. The van der Waals surface area contributed by atoms with Gasteiger partial charge in [0.05, 0.1) is 0 Å². The average Bonchev–Trinajstić information content (AvgIpc) is 3.07. The Labute approximate surface area is 147 Å². The van der Waals surface area contributed by atoms with Crippen LogP contribution in [-0.4, -0.2) is 63.0 Å². The Morgan fingerprint density at radius 2 is 2.00 bits per heavy atom. The molecule has 3 rings (SSSR count). The van der Waals surface area contributed by atoms with Crippen LogP contribution in [0.15, 0.2) is 24.3 Å². The third-order valence-corrected chi connectivity index (χ3v) is 4.76. The number of aromatic nitrogens is 3. The van der Waals surface area contributed by atoms with Crippen molar-refractivity contribution in [2.45, 2.75) is 32.7 Å². The second-order valence-electron chi connectivity index (χ2n) is 6.48. The zero-order chi connectivity index (χ0) is 18.0. The van der Waals surface area contributed by atoms with Crippen molar-refractivity contribution >= 4 is 11.8 Å². The Bertz CT molecular complexity index is 777. The smallest absolute Gasteiger partial charge is 0.253 e. The van der Waals surface area contributed by atoms with Gasteiger partial charge in [0.1, 0.15) is 5.82 Å². The molecule has 0 bridgehead atoms. The molecule has 1 N–H and O–H groups in total. The van der Waals surface area contributed by atoms with Gasteiger partial charge in [-0.15, -0.1) is 0 Å². The van der Waals surface area contributed by atoms with E-state index in [1.807, 2.05) is 43.1 Å². The molecule has 0 spiro atoms. The maximum absolute atomic E-state index is 12.8. The van der Waals surface area contributed by atoms with E-state index >= 15 is 0 Å². The Morgan fingerprint density at radius 1 is 1.28 bits per heavy atom. The Hall–Kier alpha value is -2.70. The molecular weight excluding hydrogens is 318 g/mol. The molecule has 7 nitrogen and oxygen atoms in total. The van der Waals surface area contributed by atoms with Gasteiger partial charge in [-0.05, 0) is 31.9 Å². The minimum atomic E-state index is 0.0121. The van der Waals surface area contributed by atoms with Gasteiger partial charge in [-0.25, -0.2) is 4.98 Å². The second-order valence-corrected chi connectivity index (χ2v) is 6.48. The van der Waals surface area contributed by atoms with E-state index in [4.69, 9.17) is 0 Å². The first-order valence-corrected chi connectivity index (χ1v) is 8.48. The zero-order valence-corrected chi connectivity index (χ0v) is 14.8. The number of carbonyl (C=O) groups is 2. The van der Waals surface area contributed by atoms with Gasteiger partial charge < -0.3 is 9.80 Å². The Balaban J connectivity index is 1.69. The molecule has 1 fully saturated rings. The number of hydrogen-bond donors (Lipinski definition) is 1. The number of hydrogen-bond acceptors (Lipinski definition) is 4. The fourth-order valence-electron chi connectivity index (χ4n) is 3.16. The third-order valence-electron chi connectivity index (χ3n) is 4.76. The lowest BCUT2D eigenvalue weighted by Crippen LogP contribution is -2.46. The molecule has 1 aromatic heterocycles. The predicted octanol–water partition coefficient (Wildman–Crippen LogP) is 1.86. The van der Waals surface area contributed by atoms with Gasteiger partial charge in [0, 0.05) is 44.2 Å². The minimum Gasteiger partial charge on any atom is -0.343 e. The van der Waals surface area contributed by atoms with Crippen LogP contribution in [0.5, 0.6) is 0 Å². The number of nitrogens with zero attached hydrogens (tertiary/aromatic N) is 4. The summed E-state index contributed by atoms with van der Waals surface area (Å²) in [6.07, 6.45) is 1.61. The molecule has 2 aromatic rings. The first-order chi connectivity index (χ1) is 12.0. The highest BCUT2D eigenvalue weighted by Crippen LogP contribution is 2.21. The fraction of sp³-hybridized carbons (Fsp3) is 0.444. The molecule has 0 aliphatic carbocycles. The summed E-state index contributed by atoms with van der Waals surface area (Å²) in [6, 6.07) is 7.61. The lowest BCUT2D eigenvalue weighted by molar-refractivity contribution is -0.130. The topological polar surface area (TPSA) is 82.2 Å². The number of nitrogens with one attached hydrogen (secondary N) is 1. The molecule has 0 radical (unpaired) electrons. The first-order valence-electron chi connectivity index (χ1n) is 8.48.